The molecular formula is C23H43NO3S. The summed E-state index contributed by atoms with van der Waals surface area (Å²) in [6.07, 6.45) is 23.3. The van der Waals surface area contributed by atoms with Crippen LogP contribution in [0.3, 0.4) is 0 Å². The number of nitrogens with two attached hydrogens (primary N) is 1. The molecule has 0 aliphatic rings. The average molecular weight is 414 g/mol. The third-order valence-electron chi connectivity index (χ3n) is 4.79. The number of ether oxygens (including phenoxy) is 1. The molecule has 0 fully saturated rings. The monoisotopic (exact) mass is 413 g/mol. The number of carbonyl (C=O) groups excluding carboxylic acids is 2. The van der Waals surface area contributed by atoms with Gasteiger partial charge >= 0.3 is 11.9 Å². The fourth-order valence-electron chi connectivity index (χ4n) is 2.94. The summed E-state index contributed by atoms with van der Waals surface area (Å²) in [7, 11) is 0. The van der Waals surface area contributed by atoms with Gasteiger partial charge in [-0.25, -0.2) is 4.79 Å². The van der Waals surface area contributed by atoms with E-state index in [0.717, 1.165) is 31.4 Å². The Morgan fingerprint density at radius 2 is 1.43 bits per heavy atom. The second-order valence-electron chi connectivity index (χ2n) is 7.52. The Morgan fingerprint density at radius 3 is 2.00 bits per heavy atom. The number of allylic oxidation sites excluding steroid dienone is 2. The van der Waals surface area contributed by atoms with Gasteiger partial charge < -0.3 is 10.5 Å². The van der Waals surface area contributed by atoms with Gasteiger partial charge in [0.2, 0.25) is 0 Å². The third kappa shape index (κ3) is 18.5. The van der Waals surface area contributed by atoms with E-state index in [0.29, 0.717) is 12.8 Å². The first kappa shape index (κ1) is 27.2. The summed E-state index contributed by atoms with van der Waals surface area (Å²) in [6, 6.07) is -0.689. The maximum Gasteiger partial charge on any atom is 0.330 e. The van der Waals surface area contributed by atoms with Gasteiger partial charge in [0.05, 0.1) is 0 Å². The van der Waals surface area contributed by atoms with Crippen molar-refractivity contribution in [2.75, 3.05) is 12.0 Å². The van der Waals surface area contributed by atoms with Crippen molar-refractivity contribution in [2.24, 2.45) is 5.73 Å². The van der Waals surface area contributed by atoms with Gasteiger partial charge in [-0.15, -0.1) is 0 Å². The fourth-order valence-corrected chi connectivity index (χ4v) is 3.43. The molecule has 0 rings (SSSR count). The third-order valence-corrected chi connectivity index (χ3v) is 5.44. The molecule has 0 aromatic rings. The number of esters is 2. The summed E-state index contributed by atoms with van der Waals surface area (Å²) in [5.74, 6) is -0.243. The largest absolute Gasteiger partial charge is 0.392 e. The average Bonchev–Trinajstić information content (AvgIpc) is 2.68. The van der Waals surface area contributed by atoms with Gasteiger partial charge in [0.15, 0.2) is 0 Å². The topological polar surface area (TPSA) is 69.4 Å². The minimum absolute atomic E-state index is 0.305. The molecular weight excluding hydrogens is 370 g/mol. The van der Waals surface area contributed by atoms with Gasteiger partial charge in [0, 0.05) is 6.42 Å². The van der Waals surface area contributed by atoms with E-state index in [9.17, 15) is 9.59 Å². The van der Waals surface area contributed by atoms with Gasteiger partial charge in [0.25, 0.3) is 0 Å². The van der Waals surface area contributed by atoms with Crippen LogP contribution in [0.1, 0.15) is 103 Å². The van der Waals surface area contributed by atoms with E-state index in [2.05, 4.69) is 19.1 Å². The summed E-state index contributed by atoms with van der Waals surface area (Å²) in [4.78, 5) is 23.3. The Hall–Kier alpha value is -0.810. The van der Waals surface area contributed by atoms with Crippen molar-refractivity contribution in [3.63, 3.8) is 0 Å². The summed E-state index contributed by atoms with van der Waals surface area (Å²) in [6.45, 7) is 2.25. The van der Waals surface area contributed by atoms with Crippen LogP contribution in [-0.2, 0) is 14.3 Å². The molecule has 4 nitrogen and oxygen atoms in total. The lowest BCUT2D eigenvalue weighted by Crippen LogP contribution is -2.34. The number of rotatable bonds is 19. The second kappa shape index (κ2) is 20.9. The molecule has 0 saturated heterocycles. The number of carbonyl (C=O) groups is 2. The Labute approximate surface area is 177 Å². The van der Waals surface area contributed by atoms with E-state index in [1.165, 1.54) is 57.8 Å². The van der Waals surface area contributed by atoms with E-state index in [-0.39, 0.29) is 0 Å². The maximum atomic E-state index is 11.7. The van der Waals surface area contributed by atoms with Crippen molar-refractivity contribution in [1.29, 1.82) is 0 Å². The highest BCUT2D eigenvalue weighted by Gasteiger charge is 2.17. The molecule has 0 bridgehead atoms. The van der Waals surface area contributed by atoms with Gasteiger partial charge in [-0.1, -0.05) is 70.4 Å². The van der Waals surface area contributed by atoms with Crippen LogP contribution < -0.4 is 5.73 Å². The second-order valence-corrected chi connectivity index (χ2v) is 8.50. The molecule has 1 atom stereocenters. The summed E-state index contributed by atoms with van der Waals surface area (Å²) >= 11 is 1.62. The lowest BCUT2D eigenvalue weighted by molar-refractivity contribution is -0.160. The molecule has 0 aromatic heterocycles. The molecule has 0 aromatic carbocycles. The van der Waals surface area contributed by atoms with Crippen molar-refractivity contribution < 1.29 is 14.3 Å². The van der Waals surface area contributed by atoms with Crippen LogP contribution in [0.15, 0.2) is 12.2 Å². The first-order valence-electron chi connectivity index (χ1n) is 11.3. The van der Waals surface area contributed by atoms with Crippen molar-refractivity contribution in [3.05, 3.63) is 12.2 Å². The highest BCUT2D eigenvalue weighted by atomic mass is 32.2. The number of hydrogen-bond acceptors (Lipinski definition) is 5. The number of thioether (sulfide) groups is 1. The summed E-state index contributed by atoms with van der Waals surface area (Å²) < 4.78 is 4.81. The minimum atomic E-state index is -0.689. The Morgan fingerprint density at radius 1 is 0.893 bits per heavy atom. The molecule has 2 N–H and O–H groups in total. The summed E-state index contributed by atoms with van der Waals surface area (Å²) in [5, 5.41) is 0. The first-order chi connectivity index (χ1) is 13.6. The van der Waals surface area contributed by atoms with Gasteiger partial charge in [0.1, 0.15) is 6.04 Å². The molecule has 0 spiro atoms. The lowest BCUT2D eigenvalue weighted by atomic mass is 10.1. The minimum Gasteiger partial charge on any atom is -0.392 e. The van der Waals surface area contributed by atoms with E-state index in [4.69, 9.17) is 10.5 Å². The molecule has 0 saturated carbocycles. The van der Waals surface area contributed by atoms with Crippen LogP contribution in [0.25, 0.3) is 0 Å². The zero-order valence-electron chi connectivity index (χ0n) is 18.3. The predicted molar refractivity (Wildman–Crippen MR) is 122 cm³/mol. The van der Waals surface area contributed by atoms with E-state index in [1.807, 2.05) is 6.26 Å². The number of unbranched alkanes of at least 4 members (excludes halogenated alkanes) is 11. The Bertz CT molecular complexity index is 413. The molecule has 0 radical (unpaired) electrons. The molecule has 0 unspecified atom stereocenters. The van der Waals surface area contributed by atoms with Gasteiger partial charge in [-0.2, -0.15) is 11.8 Å². The Balaban J connectivity index is 3.41. The normalized spacial score (nSPS) is 12.4. The molecule has 0 aliphatic carbocycles. The molecule has 0 aliphatic heterocycles. The van der Waals surface area contributed by atoms with E-state index < -0.39 is 18.0 Å². The molecule has 0 amide bonds. The van der Waals surface area contributed by atoms with Crippen LogP contribution in [0, 0.1) is 0 Å². The van der Waals surface area contributed by atoms with Crippen LogP contribution in [0.4, 0.5) is 0 Å². The fraction of sp³-hybridized carbons (Fsp3) is 0.826. The molecule has 164 valence electrons. The van der Waals surface area contributed by atoms with Crippen LogP contribution in [0.5, 0.6) is 0 Å². The molecule has 28 heavy (non-hydrogen) atoms. The van der Waals surface area contributed by atoms with Crippen molar-refractivity contribution >= 4 is 23.7 Å². The Kier molecular flexibility index (Phi) is 20.3. The van der Waals surface area contributed by atoms with E-state index >= 15 is 0 Å². The standard InChI is InChI=1S/C23H43NO3S/c1-3-4-5-6-7-8-9-10-11-12-13-14-15-16-17-18-22(25)27-23(26)21(24)19-20-28-2/h10-11,21H,3-9,12-20,24H2,1-2H3/b11-10-/t21-/m0/s1. The lowest BCUT2D eigenvalue weighted by Gasteiger charge is -2.09. The van der Waals surface area contributed by atoms with Crippen molar-refractivity contribution in [2.45, 2.75) is 109 Å². The first-order valence-corrected chi connectivity index (χ1v) is 12.6. The van der Waals surface area contributed by atoms with Crippen molar-refractivity contribution in [1.82, 2.24) is 0 Å². The van der Waals surface area contributed by atoms with Gasteiger partial charge in [-0.3, -0.25) is 4.79 Å². The quantitative estimate of drug-likeness (QED) is 0.119. The van der Waals surface area contributed by atoms with E-state index in [1.54, 1.807) is 11.8 Å². The highest BCUT2D eigenvalue weighted by Crippen LogP contribution is 2.10. The highest BCUT2D eigenvalue weighted by molar-refractivity contribution is 7.98. The van der Waals surface area contributed by atoms with Crippen molar-refractivity contribution in [3.8, 4) is 0 Å². The summed E-state index contributed by atoms with van der Waals surface area (Å²) in [5.41, 5.74) is 5.69. The van der Waals surface area contributed by atoms with Crippen LogP contribution >= 0.6 is 11.8 Å². The van der Waals surface area contributed by atoms with Crippen LogP contribution in [-0.4, -0.2) is 30.0 Å². The zero-order chi connectivity index (χ0) is 20.9. The molecule has 0 heterocycles. The smallest absolute Gasteiger partial charge is 0.330 e. The number of hydrogen-bond donors (Lipinski definition) is 1. The zero-order valence-corrected chi connectivity index (χ0v) is 19.1. The molecule has 5 heteroatoms. The van der Waals surface area contributed by atoms with Crippen LogP contribution in [0.2, 0.25) is 0 Å². The predicted octanol–water partition coefficient (Wildman–Crippen LogP) is 6.17. The van der Waals surface area contributed by atoms with Gasteiger partial charge in [-0.05, 0) is 50.5 Å². The SMILES string of the molecule is CCCCCCCC/C=C\CCCCCCCC(=O)OC(=O)[C@@H](N)CCSC. The maximum absolute atomic E-state index is 11.7.